The average Bonchev–Trinajstić information content (AvgIpc) is 2.89. The monoisotopic (exact) mass is 255 g/mol. The second-order valence-electron chi connectivity index (χ2n) is 5.53. The third-order valence-corrected chi connectivity index (χ3v) is 3.86. The Labute approximate surface area is 114 Å². The van der Waals surface area contributed by atoms with Crippen LogP contribution in [0.1, 0.15) is 18.4 Å². The molecule has 1 aliphatic rings. The normalized spacial score (nSPS) is 19.5. The molecule has 2 heterocycles. The molecule has 1 saturated heterocycles. The molecule has 19 heavy (non-hydrogen) atoms. The van der Waals surface area contributed by atoms with E-state index in [9.17, 15) is 0 Å². The first kappa shape index (κ1) is 12.4. The van der Waals surface area contributed by atoms with Crippen molar-refractivity contribution in [3.63, 3.8) is 0 Å². The highest BCUT2D eigenvalue weighted by atomic mass is 15.3. The maximum atomic E-state index is 4.50. The number of benzene rings is 1. The molecule has 0 saturated carbocycles. The fourth-order valence-corrected chi connectivity index (χ4v) is 2.70. The zero-order valence-corrected chi connectivity index (χ0v) is 11.5. The Hall–Kier alpha value is -1.61. The minimum atomic E-state index is 0.722. The number of hydrogen-bond donors (Lipinski definition) is 1. The molecular formula is C16H21N3. The van der Waals surface area contributed by atoms with Gasteiger partial charge in [-0.1, -0.05) is 29.8 Å². The highest BCUT2D eigenvalue weighted by Crippen LogP contribution is 2.20. The zero-order valence-electron chi connectivity index (χ0n) is 11.5. The van der Waals surface area contributed by atoms with Gasteiger partial charge in [-0.05, 0) is 44.3 Å². The van der Waals surface area contributed by atoms with Crippen LogP contribution in [0, 0.1) is 12.8 Å². The number of nitrogens with one attached hydrogen (secondary N) is 1. The number of piperidine rings is 1. The van der Waals surface area contributed by atoms with Gasteiger partial charge in [0.05, 0.1) is 6.20 Å². The topological polar surface area (TPSA) is 29.9 Å². The largest absolute Gasteiger partial charge is 0.316 e. The predicted octanol–water partition coefficient (Wildman–Crippen LogP) is 2.86. The molecule has 3 heteroatoms. The van der Waals surface area contributed by atoms with Crippen molar-refractivity contribution in [2.24, 2.45) is 5.92 Å². The summed E-state index contributed by atoms with van der Waals surface area (Å²) in [6, 6.07) is 8.63. The van der Waals surface area contributed by atoms with E-state index in [-0.39, 0.29) is 0 Å². The molecule has 0 aliphatic carbocycles. The van der Waals surface area contributed by atoms with E-state index in [1.54, 1.807) is 0 Å². The van der Waals surface area contributed by atoms with E-state index in [0.717, 1.165) is 19.0 Å². The summed E-state index contributed by atoms with van der Waals surface area (Å²) in [6.07, 6.45) is 6.74. The van der Waals surface area contributed by atoms with E-state index in [4.69, 9.17) is 0 Å². The lowest BCUT2D eigenvalue weighted by Crippen LogP contribution is -2.32. The van der Waals surface area contributed by atoms with Crippen molar-refractivity contribution >= 4 is 0 Å². The van der Waals surface area contributed by atoms with Gasteiger partial charge in [0.2, 0.25) is 0 Å². The van der Waals surface area contributed by atoms with Crippen LogP contribution in [-0.4, -0.2) is 22.9 Å². The summed E-state index contributed by atoms with van der Waals surface area (Å²) in [4.78, 5) is 0. The number of aromatic nitrogens is 2. The number of rotatable bonds is 3. The highest BCUT2D eigenvalue weighted by molar-refractivity contribution is 5.61. The first-order chi connectivity index (χ1) is 9.31. The molecule has 1 fully saturated rings. The van der Waals surface area contributed by atoms with E-state index in [1.165, 1.54) is 36.1 Å². The van der Waals surface area contributed by atoms with E-state index >= 15 is 0 Å². The summed E-state index contributed by atoms with van der Waals surface area (Å²) in [5.41, 5.74) is 3.76. The van der Waals surface area contributed by atoms with Gasteiger partial charge in [0.25, 0.3) is 0 Å². The quantitative estimate of drug-likeness (QED) is 0.914. The van der Waals surface area contributed by atoms with Crippen LogP contribution in [0.2, 0.25) is 0 Å². The maximum Gasteiger partial charge on any atom is 0.0568 e. The van der Waals surface area contributed by atoms with Gasteiger partial charge >= 0.3 is 0 Å². The molecule has 100 valence electrons. The molecule has 1 unspecified atom stereocenters. The highest BCUT2D eigenvalue weighted by Gasteiger charge is 2.14. The minimum Gasteiger partial charge on any atom is -0.316 e. The second kappa shape index (κ2) is 5.57. The van der Waals surface area contributed by atoms with Crippen LogP contribution in [0.5, 0.6) is 0 Å². The predicted molar refractivity (Wildman–Crippen MR) is 78.0 cm³/mol. The fraction of sp³-hybridized carbons (Fsp3) is 0.438. The van der Waals surface area contributed by atoms with Crippen LogP contribution < -0.4 is 5.32 Å². The smallest absolute Gasteiger partial charge is 0.0568 e. The zero-order chi connectivity index (χ0) is 13.1. The van der Waals surface area contributed by atoms with Crippen molar-refractivity contribution in [3.8, 4) is 11.1 Å². The second-order valence-corrected chi connectivity index (χ2v) is 5.53. The number of nitrogens with zero attached hydrogens (tertiary/aromatic N) is 2. The van der Waals surface area contributed by atoms with Crippen LogP contribution in [0.4, 0.5) is 0 Å². The van der Waals surface area contributed by atoms with Gasteiger partial charge in [-0.15, -0.1) is 0 Å². The molecule has 1 atom stereocenters. The number of hydrogen-bond acceptors (Lipinski definition) is 2. The molecular weight excluding hydrogens is 234 g/mol. The van der Waals surface area contributed by atoms with E-state index in [1.807, 2.05) is 6.20 Å². The van der Waals surface area contributed by atoms with Crippen molar-refractivity contribution in [2.75, 3.05) is 13.1 Å². The molecule has 1 aromatic heterocycles. The molecule has 1 aromatic carbocycles. The Morgan fingerprint density at radius 1 is 1.26 bits per heavy atom. The SMILES string of the molecule is Cc1ccc(-c2cnn(CC3CCCNC3)c2)cc1. The van der Waals surface area contributed by atoms with E-state index in [2.05, 4.69) is 52.5 Å². The van der Waals surface area contributed by atoms with Crippen LogP contribution in [0.3, 0.4) is 0 Å². The van der Waals surface area contributed by atoms with Crippen LogP contribution in [-0.2, 0) is 6.54 Å². The van der Waals surface area contributed by atoms with Crippen LogP contribution >= 0.6 is 0 Å². The Morgan fingerprint density at radius 3 is 2.84 bits per heavy atom. The van der Waals surface area contributed by atoms with Gasteiger partial charge in [-0.25, -0.2) is 0 Å². The Balaban J connectivity index is 1.70. The summed E-state index contributed by atoms with van der Waals surface area (Å²) in [7, 11) is 0. The summed E-state index contributed by atoms with van der Waals surface area (Å²) >= 11 is 0. The van der Waals surface area contributed by atoms with Gasteiger partial charge < -0.3 is 5.32 Å². The molecule has 0 bridgehead atoms. The first-order valence-electron chi connectivity index (χ1n) is 7.11. The van der Waals surface area contributed by atoms with Gasteiger partial charge in [0.1, 0.15) is 0 Å². The minimum absolute atomic E-state index is 0.722. The van der Waals surface area contributed by atoms with E-state index in [0.29, 0.717) is 0 Å². The first-order valence-corrected chi connectivity index (χ1v) is 7.11. The fourth-order valence-electron chi connectivity index (χ4n) is 2.70. The van der Waals surface area contributed by atoms with Gasteiger partial charge in [-0.3, -0.25) is 4.68 Å². The third kappa shape index (κ3) is 3.04. The van der Waals surface area contributed by atoms with Crippen molar-refractivity contribution in [3.05, 3.63) is 42.2 Å². The summed E-state index contributed by atoms with van der Waals surface area (Å²) < 4.78 is 2.09. The molecule has 0 spiro atoms. The molecule has 3 rings (SSSR count). The molecule has 2 aromatic rings. The van der Waals surface area contributed by atoms with Crippen molar-refractivity contribution < 1.29 is 0 Å². The molecule has 1 N–H and O–H groups in total. The lowest BCUT2D eigenvalue weighted by atomic mass is 10.00. The van der Waals surface area contributed by atoms with Crippen molar-refractivity contribution in [1.29, 1.82) is 0 Å². The summed E-state index contributed by atoms with van der Waals surface area (Å²) in [6.45, 7) is 5.44. The van der Waals surface area contributed by atoms with Gasteiger partial charge in [0.15, 0.2) is 0 Å². The van der Waals surface area contributed by atoms with Gasteiger partial charge in [0, 0.05) is 18.3 Å². The summed E-state index contributed by atoms with van der Waals surface area (Å²) in [5, 5.41) is 7.96. The van der Waals surface area contributed by atoms with Gasteiger partial charge in [-0.2, -0.15) is 5.10 Å². The van der Waals surface area contributed by atoms with Crippen molar-refractivity contribution in [1.82, 2.24) is 15.1 Å². The van der Waals surface area contributed by atoms with Crippen molar-refractivity contribution in [2.45, 2.75) is 26.3 Å². The lowest BCUT2D eigenvalue weighted by Gasteiger charge is -2.22. The maximum absolute atomic E-state index is 4.50. The van der Waals surface area contributed by atoms with Crippen LogP contribution in [0.25, 0.3) is 11.1 Å². The Kier molecular flexibility index (Phi) is 3.65. The molecule has 0 amide bonds. The van der Waals surface area contributed by atoms with Crippen LogP contribution in [0.15, 0.2) is 36.7 Å². The molecule has 1 aliphatic heterocycles. The third-order valence-electron chi connectivity index (χ3n) is 3.86. The summed E-state index contributed by atoms with van der Waals surface area (Å²) in [5.74, 6) is 0.722. The Morgan fingerprint density at radius 2 is 2.11 bits per heavy atom. The van der Waals surface area contributed by atoms with E-state index < -0.39 is 0 Å². The number of aryl methyl sites for hydroxylation is 1. The Bertz CT molecular complexity index is 521. The lowest BCUT2D eigenvalue weighted by molar-refractivity contribution is 0.325. The standard InChI is InChI=1S/C16H21N3/c1-13-4-6-15(7-5-13)16-10-18-19(12-16)11-14-3-2-8-17-9-14/h4-7,10,12,14,17H,2-3,8-9,11H2,1H3. The molecule has 3 nitrogen and oxygen atoms in total. The average molecular weight is 255 g/mol. The molecule has 0 radical (unpaired) electrons.